The van der Waals surface area contributed by atoms with E-state index in [2.05, 4.69) is 46.9 Å². The molecule has 1 aromatic carbocycles. The van der Waals surface area contributed by atoms with E-state index in [-0.39, 0.29) is 11.5 Å². The van der Waals surface area contributed by atoms with Crippen molar-refractivity contribution in [2.24, 2.45) is 0 Å². The van der Waals surface area contributed by atoms with E-state index in [0.717, 1.165) is 37.3 Å². The average molecular weight is 554 g/mol. The van der Waals surface area contributed by atoms with Crippen LogP contribution in [-0.2, 0) is 14.4 Å². The fraction of sp³-hybridized carbons (Fsp3) is 0.593. The van der Waals surface area contributed by atoms with Gasteiger partial charge in [0.05, 0.1) is 0 Å². The number of hydrogen-bond acceptors (Lipinski definition) is 9. The Bertz CT molecular complexity index is 797. The molecule has 0 aliphatic carbocycles. The van der Waals surface area contributed by atoms with Gasteiger partial charge in [-0.15, -0.1) is 11.8 Å². The second-order valence-electron chi connectivity index (χ2n) is 7.75. The van der Waals surface area contributed by atoms with Crippen molar-refractivity contribution in [1.29, 1.82) is 5.26 Å². The van der Waals surface area contributed by atoms with Crippen LogP contribution in [0.4, 0.5) is 11.4 Å². The quantitative estimate of drug-likeness (QED) is 0.122. The van der Waals surface area contributed by atoms with Crippen molar-refractivity contribution >= 4 is 35.0 Å². The molecule has 0 radical (unpaired) electrons. The molecule has 0 fully saturated rings. The number of rotatable bonds is 13. The summed E-state index contributed by atoms with van der Waals surface area (Å²) in [5.41, 5.74) is 7.07. The minimum Gasteiger partial charge on any atom is -0.388 e. The van der Waals surface area contributed by atoms with Crippen LogP contribution in [0.2, 0.25) is 0 Å². The van der Waals surface area contributed by atoms with Gasteiger partial charge in [-0.05, 0) is 50.9 Å². The molecule has 11 heteroatoms. The summed E-state index contributed by atoms with van der Waals surface area (Å²) < 4.78 is 0. The molecule has 4 N–H and O–H groups in total. The number of anilines is 2. The van der Waals surface area contributed by atoms with E-state index < -0.39 is 5.91 Å². The van der Waals surface area contributed by atoms with Crippen molar-refractivity contribution in [1.82, 2.24) is 20.8 Å². The van der Waals surface area contributed by atoms with Crippen molar-refractivity contribution in [3.8, 4) is 6.07 Å². The number of carbonyl (C=O) groups excluding carboxylic acids is 2. The average Bonchev–Trinajstić information content (AvgIpc) is 2.91. The highest BCUT2D eigenvalue weighted by molar-refractivity contribution is 7.99. The summed E-state index contributed by atoms with van der Waals surface area (Å²) in [4.78, 5) is 29.7. The van der Waals surface area contributed by atoms with Gasteiger partial charge in [-0.1, -0.05) is 40.3 Å². The first-order valence-corrected chi connectivity index (χ1v) is 14.1. The number of amides is 2. The molecule has 1 aromatic rings. The zero-order valence-corrected chi connectivity index (χ0v) is 25.9. The number of nitrogens with one attached hydrogen (secondary N) is 4. The van der Waals surface area contributed by atoms with Gasteiger partial charge >= 0.3 is 0 Å². The van der Waals surface area contributed by atoms with Gasteiger partial charge in [0.25, 0.3) is 5.91 Å². The molecule has 0 aromatic heterocycles. The lowest BCUT2D eigenvalue weighted by Gasteiger charge is -2.15. The lowest BCUT2D eigenvalue weighted by molar-refractivity contribution is -0.120. The predicted molar refractivity (Wildman–Crippen MR) is 163 cm³/mol. The molecule has 218 valence electrons. The van der Waals surface area contributed by atoms with E-state index in [1.807, 2.05) is 58.5 Å². The van der Waals surface area contributed by atoms with E-state index in [4.69, 9.17) is 10.1 Å². The number of thioether (sulfide) groups is 1. The first-order valence-electron chi connectivity index (χ1n) is 12.8. The van der Waals surface area contributed by atoms with Gasteiger partial charge in [0.2, 0.25) is 5.91 Å². The molecule has 0 saturated carbocycles. The molecule has 38 heavy (non-hydrogen) atoms. The maximum Gasteiger partial charge on any atom is 0.275 e. The van der Waals surface area contributed by atoms with Gasteiger partial charge in [0.15, 0.2) is 0 Å². The summed E-state index contributed by atoms with van der Waals surface area (Å²) in [6, 6.07) is 9.34. The minimum atomic E-state index is -0.465. The summed E-state index contributed by atoms with van der Waals surface area (Å²) in [6.07, 6.45) is 4.72. The number of carbonyl (C=O) groups is 2. The molecule has 2 amide bonds. The Kier molecular flexibility index (Phi) is 28.8. The molecule has 10 nitrogen and oxygen atoms in total. The van der Waals surface area contributed by atoms with E-state index in [1.54, 1.807) is 39.0 Å². The molecule has 0 heterocycles. The van der Waals surface area contributed by atoms with Crippen LogP contribution < -0.4 is 21.5 Å². The fourth-order valence-corrected chi connectivity index (χ4v) is 3.04. The number of hydroxylamine groups is 1. The van der Waals surface area contributed by atoms with Gasteiger partial charge in [-0.3, -0.25) is 19.9 Å². The third-order valence-electron chi connectivity index (χ3n) is 4.34. The standard InChI is InChI=1S/C14H23N3O.C6H9N3O.C5H13NOS.C2H6/c1-4-9-17(3)10-8-14(18)16-13-7-5-6-12(11-13)15-2;1-5(4-7)6(10)8-9(2)3;1-4-5(8-3)7-6-2;1-2/h5-7,11,15H,4,8-10H2,1-3H3,(H,16,18);1H2,2-3H3,(H,8,10);5-6H,4H2,1-3H3;1-2H3. The summed E-state index contributed by atoms with van der Waals surface area (Å²) in [7, 11) is 8.99. The van der Waals surface area contributed by atoms with Crippen LogP contribution in [0.15, 0.2) is 36.4 Å². The van der Waals surface area contributed by atoms with Gasteiger partial charge in [0, 0.05) is 52.5 Å². The molecular weight excluding hydrogens is 502 g/mol. The first kappa shape index (κ1) is 39.9. The highest BCUT2D eigenvalue weighted by atomic mass is 32.2. The highest BCUT2D eigenvalue weighted by Gasteiger charge is 2.05. The Morgan fingerprint density at radius 2 is 1.74 bits per heavy atom. The lowest BCUT2D eigenvalue weighted by Crippen LogP contribution is -2.36. The van der Waals surface area contributed by atoms with Crippen molar-refractivity contribution in [2.75, 3.05) is 65.2 Å². The van der Waals surface area contributed by atoms with Gasteiger partial charge in [-0.2, -0.15) is 5.26 Å². The van der Waals surface area contributed by atoms with Crippen LogP contribution in [0.5, 0.6) is 0 Å². The van der Waals surface area contributed by atoms with E-state index in [1.165, 1.54) is 5.01 Å². The third kappa shape index (κ3) is 23.8. The monoisotopic (exact) mass is 553 g/mol. The number of hydrogen-bond donors (Lipinski definition) is 4. The maximum absolute atomic E-state index is 11.8. The number of benzene rings is 1. The first-order chi connectivity index (χ1) is 18.1. The minimum absolute atomic E-state index is 0.0613. The van der Waals surface area contributed by atoms with Crippen molar-refractivity contribution in [3.05, 3.63) is 36.4 Å². The Labute approximate surface area is 235 Å². The van der Waals surface area contributed by atoms with Crippen LogP contribution >= 0.6 is 11.8 Å². The summed E-state index contributed by atoms with van der Waals surface area (Å²) in [5.74, 6) is -0.404. The Morgan fingerprint density at radius 1 is 1.13 bits per heavy atom. The number of nitriles is 1. The third-order valence-corrected chi connectivity index (χ3v) is 5.30. The normalized spacial score (nSPS) is 10.3. The van der Waals surface area contributed by atoms with Gasteiger partial charge in [-0.25, -0.2) is 10.5 Å². The van der Waals surface area contributed by atoms with Crippen molar-refractivity contribution in [2.45, 2.75) is 52.4 Å². The van der Waals surface area contributed by atoms with Gasteiger partial charge in [0.1, 0.15) is 17.1 Å². The SMILES string of the molecule is C=C(C#N)C(=O)NN(C)C.CC.CCC(ONC)SC.CCCN(C)CCC(=O)Nc1cccc(NC)c1. The van der Waals surface area contributed by atoms with E-state index in [9.17, 15) is 9.59 Å². The summed E-state index contributed by atoms with van der Waals surface area (Å²) in [5, 5.41) is 15.6. The molecule has 0 spiro atoms. The van der Waals surface area contributed by atoms with Crippen LogP contribution in [0.3, 0.4) is 0 Å². The zero-order chi connectivity index (χ0) is 29.9. The van der Waals surface area contributed by atoms with Crippen LogP contribution in [-0.4, -0.2) is 81.7 Å². The second-order valence-corrected chi connectivity index (χ2v) is 8.75. The van der Waals surface area contributed by atoms with Crippen molar-refractivity contribution in [3.63, 3.8) is 0 Å². The predicted octanol–water partition coefficient (Wildman–Crippen LogP) is 4.32. The summed E-state index contributed by atoms with van der Waals surface area (Å²) in [6.45, 7) is 13.3. The molecule has 1 rings (SSSR count). The molecule has 0 bridgehead atoms. The molecule has 1 atom stereocenters. The topological polar surface area (TPSA) is 122 Å². The smallest absolute Gasteiger partial charge is 0.275 e. The fourth-order valence-electron chi connectivity index (χ4n) is 2.51. The van der Waals surface area contributed by atoms with Crippen LogP contribution in [0.1, 0.15) is 47.0 Å². The number of hydrazine groups is 1. The van der Waals surface area contributed by atoms with E-state index in [0.29, 0.717) is 11.9 Å². The van der Waals surface area contributed by atoms with Crippen molar-refractivity contribution < 1.29 is 14.4 Å². The Balaban J connectivity index is -0.000000519. The molecule has 0 aliphatic rings. The largest absolute Gasteiger partial charge is 0.388 e. The van der Waals surface area contributed by atoms with E-state index >= 15 is 0 Å². The molecule has 0 aliphatic heterocycles. The lowest BCUT2D eigenvalue weighted by atomic mass is 10.2. The van der Waals surface area contributed by atoms with Gasteiger partial charge < -0.3 is 15.5 Å². The second kappa shape index (κ2) is 27.4. The maximum atomic E-state index is 11.8. The van der Waals surface area contributed by atoms with Crippen LogP contribution in [0, 0.1) is 11.3 Å². The van der Waals surface area contributed by atoms with Crippen LogP contribution in [0.25, 0.3) is 0 Å². The Hall–Kier alpha value is -2.62. The highest BCUT2D eigenvalue weighted by Crippen LogP contribution is 2.14. The number of nitrogens with zero attached hydrogens (tertiary/aromatic N) is 3. The Morgan fingerprint density at radius 3 is 2.16 bits per heavy atom. The molecular formula is C27H51N7O3S. The molecule has 1 unspecified atom stereocenters. The molecule has 0 saturated heterocycles. The zero-order valence-electron chi connectivity index (χ0n) is 25.1. The summed E-state index contributed by atoms with van der Waals surface area (Å²) >= 11 is 1.71.